The van der Waals surface area contributed by atoms with Crippen molar-refractivity contribution in [1.29, 1.82) is 0 Å². The van der Waals surface area contributed by atoms with E-state index in [-0.39, 0.29) is 5.82 Å². The van der Waals surface area contributed by atoms with E-state index in [2.05, 4.69) is 0 Å². The standard InChI is InChI=1S/C15H10ClFOS/c16-11-4-6-12(7-5-11)18-9-13-8-10-2-1-3-14(17)15(10)19-13/h1-8H,9H2. The summed E-state index contributed by atoms with van der Waals surface area (Å²) in [6.07, 6.45) is 0. The number of hydrogen-bond acceptors (Lipinski definition) is 2. The fraction of sp³-hybridized carbons (Fsp3) is 0.0667. The van der Waals surface area contributed by atoms with Gasteiger partial charge in [-0.15, -0.1) is 11.3 Å². The van der Waals surface area contributed by atoms with Gasteiger partial charge >= 0.3 is 0 Å². The van der Waals surface area contributed by atoms with Gasteiger partial charge in [0.25, 0.3) is 0 Å². The average Bonchev–Trinajstić information content (AvgIpc) is 2.83. The number of ether oxygens (including phenoxy) is 1. The van der Waals surface area contributed by atoms with Crippen molar-refractivity contribution >= 4 is 33.0 Å². The minimum absolute atomic E-state index is 0.180. The molecule has 0 spiro atoms. The predicted octanol–water partition coefficient (Wildman–Crippen LogP) is 5.27. The summed E-state index contributed by atoms with van der Waals surface area (Å²) < 4.78 is 19.9. The quantitative estimate of drug-likeness (QED) is 0.639. The second kappa shape index (κ2) is 5.19. The molecule has 0 aliphatic carbocycles. The Kier molecular flexibility index (Phi) is 3.40. The molecule has 0 aliphatic rings. The number of hydrogen-bond donors (Lipinski definition) is 0. The molecule has 0 saturated carbocycles. The average molecular weight is 293 g/mol. The van der Waals surface area contributed by atoms with Crippen LogP contribution in [0.15, 0.2) is 48.5 Å². The molecule has 0 atom stereocenters. The van der Waals surface area contributed by atoms with E-state index in [1.54, 1.807) is 18.2 Å². The van der Waals surface area contributed by atoms with Gasteiger partial charge in [-0.3, -0.25) is 0 Å². The number of fused-ring (bicyclic) bond motifs is 1. The maximum Gasteiger partial charge on any atom is 0.140 e. The third kappa shape index (κ3) is 2.72. The number of halogens is 2. The Labute approximate surface area is 119 Å². The van der Waals surface area contributed by atoms with Crippen molar-refractivity contribution in [2.45, 2.75) is 6.61 Å². The molecular formula is C15H10ClFOS. The Morgan fingerprint density at radius 1 is 1.11 bits per heavy atom. The Balaban J connectivity index is 1.78. The molecule has 1 nitrogen and oxygen atoms in total. The summed E-state index contributed by atoms with van der Waals surface area (Å²) in [6, 6.07) is 14.2. The van der Waals surface area contributed by atoms with Crippen LogP contribution in [0.4, 0.5) is 4.39 Å². The summed E-state index contributed by atoms with van der Waals surface area (Å²) >= 11 is 7.22. The van der Waals surface area contributed by atoms with E-state index in [0.29, 0.717) is 16.3 Å². The van der Waals surface area contributed by atoms with Gasteiger partial charge in [0.1, 0.15) is 18.2 Å². The molecule has 96 valence electrons. The van der Waals surface area contributed by atoms with Gasteiger partial charge in [-0.2, -0.15) is 0 Å². The molecule has 0 bridgehead atoms. The van der Waals surface area contributed by atoms with Gasteiger partial charge in [0, 0.05) is 9.90 Å². The highest BCUT2D eigenvalue weighted by Crippen LogP contribution is 2.28. The lowest BCUT2D eigenvalue weighted by Crippen LogP contribution is -1.91. The van der Waals surface area contributed by atoms with E-state index in [9.17, 15) is 4.39 Å². The van der Waals surface area contributed by atoms with Crippen LogP contribution < -0.4 is 4.74 Å². The maximum absolute atomic E-state index is 13.6. The van der Waals surface area contributed by atoms with Gasteiger partial charge in [-0.25, -0.2) is 4.39 Å². The fourth-order valence-corrected chi connectivity index (χ4v) is 2.94. The maximum atomic E-state index is 13.6. The Morgan fingerprint density at radius 2 is 1.89 bits per heavy atom. The molecule has 3 aromatic rings. The number of thiophene rings is 1. The van der Waals surface area contributed by atoms with Crippen molar-refractivity contribution in [3.05, 3.63) is 64.2 Å². The van der Waals surface area contributed by atoms with Gasteiger partial charge < -0.3 is 4.74 Å². The van der Waals surface area contributed by atoms with Crippen LogP contribution in [0.2, 0.25) is 5.02 Å². The first-order valence-electron chi connectivity index (χ1n) is 5.78. The molecule has 0 radical (unpaired) electrons. The van der Waals surface area contributed by atoms with E-state index >= 15 is 0 Å². The highest BCUT2D eigenvalue weighted by Gasteiger charge is 2.06. The van der Waals surface area contributed by atoms with E-state index < -0.39 is 0 Å². The summed E-state index contributed by atoms with van der Waals surface area (Å²) in [5.74, 6) is 0.572. The molecule has 0 saturated heterocycles. The predicted molar refractivity (Wildman–Crippen MR) is 77.6 cm³/mol. The molecule has 2 aromatic carbocycles. The zero-order valence-corrected chi connectivity index (χ0v) is 11.5. The molecule has 0 fully saturated rings. The first-order chi connectivity index (χ1) is 9.22. The third-order valence-corrected chi connectivity index (χ3v) is 4.13. The van der Waals surface area contributed by atoms with Gasteiger partial charge in [-0.05, 0) is 41.8 Å². The zero-order valence-electron chi connectivity index (χ0n) is 9.90. The summed E-state index contributed by atoms with van der Waals surface area (Å²) in [4.78, 5) is 0.995. The summed E-state index contributed by atoms with van der Waals surface area (Å²) in [5, 5.41) is 1.59. The lowest BCUT2D eigenvalue weighted by molar-refractivity contribution is 0.310. The minimum Gasteiger partial charge on any atom is -0.488 e. The molecule has 19 heavy (non-hydrogen) atoms. The summed E-state index contributed by atoms with van der Waals surface area (Å²) in [6.45, 7) is 0.431. The smallest absolute Gasteiger partial charge is 0.140 e. The van der Waals surface area contributed by atoms with Crippen LogP contribution in [0.1, 0.15) is 4.88 Å². The van der Waals surface area contributed by atoms with Crippen LogP contribution in [-0.4, -0.2) is 0 Å². The molecule has 0 amide bonds. The Hall–Kier alpha value is -1.58. The minimum atomic E-state index is -0.180. The van der Waals surface area contributed by atoms with Crippen molar-refractivity contribution < 1.29 is 9.13 Å². The van der Waals surface area contributed by atoms with E-state index in [1.807, 2.05) is 24.3 Å². The Bertz CT molecular complexity index is 706. The second-order valence-electron chi connectivity index (χ2n) is 4.11. The van der Waals surface area contributed by atoms with E-state index in [0.717, 1.165) is 16.0 Å². The van der Waals surface area contributed by atoms with Crippen molar-refractivity contribution in [2.75, 3.05) is 0 Å². The highest BCUT2D eigenvalue weighted by molar-refractivity contribution is 7.19. The second-order valence-corrected chi connectivity index (χ2v) is 5.69. The van der Waals surface area contributed by atoms with Crippen molar-refractivity contribution in [3.63, 3.8) is 0 Å². The first-order valence-corrected chi connectivity index (χ1v) is 6.97. The van der Waals surface area contributed by atoms with Crippen molar-refractivity contribution in [2.24, 2.45) is 0 Å². The largest absolute Gasteiger partial charge is 0.488 e. The summed E-state index contributed by atoms with van der Waals surface area (Å²) in [7, 11) is 0. The first kappa shape index (κ1) is 12.5. The van der Waals surface area contributed by atoms with Gasteiger partial charge in [-0.1, -0.05) is 23.7 Å². The summed E-state index contributed by atoms with van der Waals surface area (Å²) in [5.41, 5.74) is 0. The van der Waals surface area contributed by atoms with Crippen LogP contribution in [-0.2, 0) is 6.61 Å². The number of benzene rings is 2. The number of rotatable bonds is 3. The molecule has 0 aliphatic heterocycles. The monoisotopic (exact) mass is 292 g/mol. The molecule has 0 unspecified atom stereocenters. The van der Waals surface area contributed by atoms with Crippen LogP contribution in [0.25, 0.3) is 10.1 Å². The highest BCUT2D eigenvalue weighted by atomic mass is 35.5. The topological polar surface area (TPSA) is 9.23 Å². The molecule has 3 rings (SSSR count). The van der Waals surface area contributed by atoms with Gasteiger partial charge in [0.05, 0.1) is 4.70 Å². The molecule has 1 heterocycles. The van der Waals surface area contributed by atoms with Crippen LogP contribution in [0, 0.1) is 5.82 Å². The molecular weight excluding hydrogens is 283 g/mol. The van der Waals surface area contributed by atoms with Crippen LogP contribution >= 0.6 is 22.9 Å². The van der Waals surface area contributed by atoms with Crippen molar-refractivity contribution in [3.8, 4) is 5.75 Å². The molecule has 0 N–H and O–H groups in total. The normalized spacial score (nSPS) is 10.8. The third-order valence-electron chi connectivity index (χ3n) is 2.74. The molecule has 1 aromatic heterocycles. The lowest BCUT2D eigenvalue weighted by atomic mass is 10.2. The van der Waals surface area contributed by atoms with E-state index in [4.69, 9.17) is 16.3 Å². The fourth-order valence-electron chi connectivity index (χ4n) is 1.84. The van der Waals surface area contributed by atoms with Crippen LogP contribution in [0.3, 0.4) is 0 Å². The van der Waals surface area contributed by atoms with Crippen LogP contribution in [0.5, 0.6) is 5.75 Å². The zero-order chi connectivity index (χ0) is 13.2. The SMILES string of the molecule is Fc1cccc2cc(COc3ccc(Cl)cc3)sc12. The lowest BCUT2D eigenvalue weighted by Gasteiger charge is -2.03. The van der Waals surface area contributed by atoms with Crippen molar-refractivity contribution in [1.82, 2.24) is 0 Å². The van der Waals surface area contributed by atoms with E-state index in [1.165, 1.54) is 17.4 Å². The molecule has 4 heteroatoms. The van der Waals surface area contributed by atoms with Gasteiger partial charge in [0.2, 0.25) is 0 Å². The Morgan fingerprint density at radius 3 is 2.63 bits per heavy atom. The van der Waals surface area contributed by atoms with Gasteiger partial charge in [0.15, 0.2) is 0 Å².